The fraction of sp³-hybridized carbons (Fsp3) is 0.625. The number of hydrogen-bond acceptors (Lipinski definition) is 2. The Morgan fingerprint density at radius 2 is 2.00 bits per heavy atom. The summed E-state index contributed by atoms with van der Waals surface area (Å²) in [4.78, 5) is 0. The van der Waals surface area contributed by atoms with E-state index in [0.29, 0.717) is 12.1 Å². The van der Waals surface area contributed by atoms with Crippen LogP contribution in [-0.4, -0.2) is 18.6 Å². The molecule has 19 heavy (non-hydrogen) atoms. The Morgan fingerprint density at radius 1 is 1.26 bits per heavy atom. The minimum atomic E-state index is -0.149. The summed E-state index contributed by atoms with van der Waals surface area (Å²) in [5, 5.41) is 7.39. The Labute approximate surface area is 114 Å². The van der Waals surface area contributed by atoms with Gasteiger partial charge in [0, 0.05) is 17.6 Å². The molecule has 0 aromatic heterocycles. The fourth-order valence-electron chi connectivity index (χ4n) is 3.49. The maximum Gasteiger partial charge on any atom is 0.123 e. The molecule has 2 aliphatic rings. The van der Waals surface area contributed by atoms with Crippen LogP contribution in [0.2, 0.25) is 0 Å². The van der Waals surface area contributed by atoms with Gasteiger partial charge in [-0.3, -0.25) is 0 Å². The molecule has 2 fully saturated rings. The summed E-state index contributed by atoms with van der Waals surface area (Å²) in [5.41, 5.74) is 1.32. The molecular weight excluding hydrogens is 239 g/mol. The van der Waals surface area contributed by atoms with Crippen molar-refractivity contribution in [2.24, 2.45) is 0 Å². The third kappa shape index (κ3) is 2.54. The van der Waals surface area contributed by atoms with Crippen LogP contribution in [0.3, 0.4) is 0 Å². The Hall–Kier alpha value is -0.930. The third-order valence-electron chi connectivity index (χ3n) is 4.81. The smallest absolute Gasteiger partial charge is 0.123 e. The van der Waals surface area contributed by atoms with Crippen molar-refractivity contribution in [1.29, 1.82) is 0 Å². The predicted octanol–water partition coefficient (Wildman–Crippen LogP) is 2.94. The van der Waals surface area contributed by atoms with Gasteiger partial charge in [-0.25, -0.2) is 4.39 Å². The second-order valence-corrected chi connectivity index (χ2v) is 6.08. The summed E-state index contributed by atoms with van der Waals surface area (Å²) in [7, 11) is 0. The topological polar surface area (TPSA) is 24.1 Å². The van der Waals surface area contributed by atoms with E-state index < -0.39 is 0 Å². The monoisotopic (exact) mass is 262 g/mol. The molecule has 2 atom stereocenters. The van der Waals surface area contributed by atoms with Gasteiger partial charge in [-0.15, -0.1) is 0 Å². The van der Waals surface area contributed by atoms with Crippen LogP contribution in [0.1, 0.15) is 44.6 Å². The Bertz CT molecular complexity index is 419. The molecule has 2 N–H and O–H groups in total. The molecule has 104 valence electrons. The van der Waals surface area contributed by atoms with E-state index in [4.69, 9.17) is 0 Å². The molecule has 0 bridgehead atoms. The van der Waals surface area contributed by atoms with E-state index in [1.165, 1.54) is 24.8 Å². The van der Waals surface area contributed by atoms with E-state index in [-0.39, 0.29) is 11.4 Å². The summed E-state index contributed by atoms with van der Waals surface area (Å²) in [6.45, 7) is 3.41. The summed E-state index contributed by atoms with van der Waals surface area (Å²) in [6, 6.07) is 8.09. The molecule has 0 radical (unpaired) electrons. The van der Waals surface area contributed by atoms with E-state index in [9.17, 15) is 4.39 Å². The first-order valence-electron chi connectivity index (χ1n) is 7.47. The average molecular weight is 262 g/mol. The molecule has 0 spiro atoms. The zero-order chi connectivity index (χ0) is 13.3. The molecule has 1 aromatic rings. The van der Waals surface area contributed by atoms with Crippen molar-refractivity contribution in [3.8, 4) is 0 Å². The van der Waals surface area contributed by atoms with Crippen LogP contribution in [0.25, 0.3) is 0 Å². The second kappa shape index (κ2) is 5.22. The maximum atomic E-state index is 13.1. The van der Waals surface area contributed by atoms with Gasteiger partial charge in [0.1, 0.15) is 5.82 Å². The minimum absolute atomic E-state index is 0.0807. The van der Waals surface area contributed by atoms with Crippen LogP contribution in [0.15, 0.2) is 24.3 Å². The SMILES string of the molecule is CC(NC1(c2ccc(F)cc2)CCC1)[C@H]1CCCN1. The van der Waals surface area contributed by atoms with Gasteiger partial charge in [0.25, 0.3) is 0 Å². The lowest BCUT2D eigenvalue weighted by molar-refractivity contribution is 0.155. The standard InChI is InChI=1S/C16H23FN2/c1-12(15-4-2-11-18-15)19-16(9-3-10-16)13-5-7-14(17)8-6-13/h5-8,12,15,18-19H,2-4,9-11H2,1H3/t12?,15-/m1/s1. The van der Waals surface area contributed by atoms with Gasteiger partial charge in [-0.2, -0.15) is 0 Å². The van der Waals surface area contributed by atoms with Crippen molar-refractivity contribution in [3.05, 3.63) is 35.6 Å². The first kappa shape index (κ1) is 13.1. The lowest BCUT2D eigenvalue weighted by atomic mass is 9.71. The van der Waals surface area contributed by atoms with Crippen molar-refractivity contribution >= 4 is 0 Å². The molecule has 1 saturated carbocycles. The lowest BCUT2D eigenvalue weighted by Gasteiger charge is -2.46. The number of halogens is 1. The fourth-order valence-corrected chi connectivity index (χ4v) is 3.49. The van der Waals surface area contributed by atoms with Crippen LogP contribution < -0.4 is 10.6 Å². The molecule has 3 heteroatoms. The molecule has 1 heterocycles. The van der Waals surface area contributed by atoms with E-state index in [1.54, 1.807) is 12.1 Å². The molecule has 1 aromatic carbocycles. The van der Waals surface area contributed by atoms with Crippen LogP contribution >= 0.6 is 0 Å². The predicted molar refractivity (Wildman–Crippen MR) is 75.6 cm³/mol. The van der Waals surface area contributed by atoms with E-state index in [1.807, 2.05) is 12.1 Å². The molecule has 3 rings (SSSR count). The Balaban J connectivity index is 1.73. The van der Waals surface area contributed by atoms with Gasteiger partial charge in [0.05, 0.1) is 0 Å². The van der Waals surface area contributed by atoms with Gasteiger partial charge in [-0.1, -0.05) is 12.1 Å². The van der Waals surface area contributed by atoms with E-state index in [2.05, 4.69) is 17.6 Å². The highest BCUT2D eigenvalue weighted by Gasteiger charge is 2.40. The van der Waals surface area contributed by atoms with Crippen LogP contribution in [0.5, 0.6) is 0 Å². The van der Waals surface area contributed by atoms with Crippen LogP contribution in [0.4, 0.5) is 4.39 Å². The highest BCUT2D eigenvalue weighted by molar-refractivity contribution is 5.28. The van der Waals surface area contributed by atoms with Gasteiger partial charge < -0.3 is 10.6 Å². The first-order chi connectivity index (χ1) is 9.20. The second-order valence-electron chi connectivity index (χ2n) is 6.08. The molecule has 1 saturated heterocycles. The molecular formula is C16H23FN2. The zero-order valence-electron chi connectivity index (χ0n) is 11.6. The molecule has 2 nitrogen and oxygen atoms in total. The Morgan fingerprint density at radius 3 is 2.53 bits per heavy atom. The number of rotatable bonds is 4. The molecule has 0 amide bonds. The quantitative estimate of drug-likeness (QED) is 0.872. The van der Waals surface area contributed by atoms with Gasteiger partial charge in [0.2, 0.25) is 0 Å². The van der Waals surface area contributed by atoms with Gasteiger partial charge >= 0.3 is 0 Å². The average Bonchev–Trinajstić information content (AvgIpc) is 2.89. The van der Waals surface area contributed by atoms with Crippen molar-refractivity contribution in [1.82, 2.24) is 10.6 Å². The minimum Gasteiger partial charge on any atom is -0.312 e. The van der Waals surface area contributed by atoms with E-state index >= 15 is 0 Å². The number of nitrogens with one attached hydrogen (secondary N) is 2. The Kier molecular flexibility index (Phi) is 3.59. The highest BCUT2D eigenvalue weighted by Crippen LogP contribution is 2.42. The third-order valence-corrected chi connectivity index (χ3v) is 4.81. The van der Waals surface area contributed by atoms with Crippen molar-refractivity contribution in [2.75, 3.05) is 6.54 Å². The summed E-state index contributed by atoms with van der Waals surface area (Å²) in [6.07, 6.45) is 6.12. The highest BCUT2D eigenvalue weighted by atomic mass is 19.1. The van der Waals surface area contributed by atoms with Crippen molar-refractivity contribution in [3.63, 3.8) is 0 Å². The lowest BCUT2D eigenvalue weighted by Crippen LogP contribution is -2.56. The van der Waals surface area contributed by atoms with Crippen LogP contribution in [-0.2, 0) is 5.54 Å². The molecule has 1 aliphatic carbocycles. The molecule has 1 unspecified atom stereocenters. The van der Waals surface area contributed by atoms with Gasteiger partial charge in [0.15, 0.2) is 0 Å². The normalized spacial score (nSPS) is 26.9. The summed E-state index contributed by atoms with van der Waals surface area (Å²) in [5.74, 6) is -0.149. The zero-order valence-corrected chi connectivity index (χ0v) is 11.6. The summed E-state index contributed by atoms with van der Waals surface area (Å²) < 4.78 is 13.1. The van der Waals surface area contributed by atoms with Crippen molar-refractivity contribution < 1.29 is 4.39 Å². The number of hydrogen-bond donors (Lipinski definition) is 2. The summed E-state index contributed by atoms with van der Waals surface area (Å²) >= 11 is 0. The first-order valence-corrected chi connectivity index (χ1v) is 7.47. The molecule has 1 aliphatic heterocycles. The van der Waals surface area contributed by atoms with Gasteiger partial charge in [-0.05, 0) is 63.3 Å². The van der Waals surface area contributed by atoms with E-state index in [0.717, 1.165) is 19.4 Å². The van der Waals surface area contributed by atoms with Crippen molar-refractivity contribution in [2.45, 2.75) is 56.7 Å². The van der Waals surface area contributed by atoms with Crippen LogP contribution in [0, 0.1) is 5.82 Å². The largest absolute Gasteiger partial charge is 0.312 e. The maximum absolute atomic E-state index is 13.1. The number of benzene rings is 1.